The monoisotopic (exact) mass is 623 g/mol. The number of hydrogen-bond donors (Lipinski definition) is 1. The third-order valence-electron chi connectivity index (χ3n) is 7.37. The van der Waals surface area contributed by atoms with E-state index in [1.54, 1.807) is 11.0 Å². The number of piperidine rings is 1. The summed E-state index contributed by atoms with van der Waals surface area (Å²) in [5.41, 5.74) is 2.62. The van der Waals surface area contributed by atoms with Crippen molar-refractivity contribution in [1.82, 2.24) is 9.62 Å². The van der Waals surface area contributed by atoms with Gasteiger partial charge in [-0.05, 0) is 66.8 Å². The lowest BCUT2D eigenvalue weighted by Crippen LogP contribution is -2.54. The van der Waals surface area contributed by atoms with Crippen LogP contribution in [0.5, 0.6) is 0 Å². The molecule has 2 unspecified atom stereocenters. The van der Waals surface area contributed by atoms with Gasteiger partial charge in [-0.3, -0.25) is 4.79 Å². The Morgan fingerprint density at radius 3 is 2.33 bits per heavy atom. The van der Waals surface area contributed by atoms with Gasteiger partial charge in [0, 0.05) is 31.4 Å². The zero-order valence-electron chi connectivity index (χ0n) is 22.9. The van der Waals surface area contributed by atoms with E-state index in [2.05, 4.69) is 16.5 Å². The molecule has 0 aromatic heterocycles. The molecule has 0 aliphatic carbocycles. The van der Waals surface area contributed by atoms with Crippen molar-refractivity contribution in [3.8, 4) is 0 Å². The number of nitrogens with one attached hydrogen (secondary N) is 1. The van der Waals surface area contributed by atoms with Crippen molar-refractivity contribution >= 4 is 57.2 Å². The molecule has 2 atom stereocenters. The first-order valence-corrected chi connectivity index (χ1v) is 15.8. The van der Waals surface area contributed by atoms with Crippen LogP contribution in [0.1, 0.15) is 60.1 Å². The topological polar surface area (TPSA) is 69.7 Å². The van der Waals surface area contributed by atoms with Crippen molar-refractivity contribution < 1.29 is 13.2 Å². The van der Waals surface area contributed by atoms with Crippen molar-refractivity contribution in [3.05, 3.63) is 99.5 Å². The molecule has 3 aromatic rings. The third kappa shape index (κ3) is 7.51. The number of nitrogens with zero attached hydrogens (tertiary/aromatic N) is 2. The number of carbonyl (C=O) groups excluding carboxylic acids is 1. The Morgan fingerprint density at radius 2 is 1.73 bits per heavy atom. The maximum absolute atomic E-state index is 12.9. The van der Waals surface area contributed by atoms with Crippen molar-refractivity contribution in [1.29, 1.82) is 0 Å². The van der Waals surface area contributed by atoms with Crippen LogP contribution in [-0.2, 0) is 15.6 Å². The van der Waals surface area contributed by atoms with Crippen LogP contribution in [0.4, 0.5) is 5.69 Å². The molecule has 1 heterocycles. The van der Waals surface area contributed by atoms with Gasteiger partial charge < -0.3 is 9.80 Å². The minimum absolute atomic E-state index is 0. The third-order valence-corrected chi connectivity index (χ3v) is 8.87. The number of hydrogen-bond acceptors (Lipinski definition) is 4. The highest BCUT2D eigenvalue weighted by molar-refractivity contribution is 7.88. The summed E-state index contributed by atoms with van der Waals surface area (Å²) < 4.78 is 28.2. The van der Waals surface area contributed by atoms with Crippen LogP contribution >= 0.6 is 35.6 Å². The minimum atomic E-state index is -3.52. The average molecular weight is 625 g/mol. The summed E-state index contributed by atoms with van der Waals surface area (Å²) in [6, 6.07) is 22.7. The Labute approximate surface area is 254 Å². The highest BCUT2D eigenvalue weighted by Crippen LogP contribution is 2.45. The first-order valence-electron chi connectivity index (χ1n) is 13.1. The number of sulfonamides is 1. The molecule has 1 aliphatic heterocycles. The smallest absolute Gasteiger partial charge is 0.253 e. The highest BCUT2D eigenvalue weighted by Gasteiger charge is 2.43. The van der Waals surface area contributed by atoms with Crippen LogP contribution in [0.15, 0.2) is 72.8 Å². The van der Waals surface area contributed by atoms with E-state index in [9.17, 15) is 13.2 Å². The summed E-state index contributed by atoms with van der Waals surface area (Å²) in [6.45, 7) is 3.40. The van der Waals surface area contributed by atoms with Crippen LogP contribution in [-0.4, -0.2) is 45.6 Å². The molecule has 1 aliphatic rings. The number of benzene rings is 3. The quantitative estimate of drug-likeness (QED) is 0.276. The van der Waals surface area contributed by atoms with Crippen LogP contribution in [0.25, 0.3) is 0 Å². The second kappa shape index (κ2) is 13.6. The Kier molecular flexibility index (Phi) is 10.9. The van der Waals surface area contributed by atoms with Gasteiger partial charge in [-0.25, -0.2) is 13.1 Å². The van der Waals surface area contributed by atoms with Crippen LogP contribution in [0.3, 0.4) is 0 Å². The molecule has 40 heavy (non-hydrogen) atoms. The van der Waals surface area contributed by atoms with E-state index in [4.69, 9.17) is 23.2 Å². The highest BCUT2D eigenvalue weighted by atomic mass is 35.5. The SMILES string of the molecule is CCCCN(C)C(=O)c1ccc(N2CCC(NS(C)(=O)=O)(c3ccccc3)CC2c2ccc(Cl)c(Cl)c2)cc1.Cl. The molecule has 6 nitrogen and oxygen atoms in total. The molecule has 1 fully saturated rings. The predicted molar refractivity (Wildman–Crippen MR) is 167 cm³/mol. The largest absolute Gasteiger partial charge is 0.364 e. The number of carbonyl (C=O) groups is 1. The molecule has 1 saturated heterocycles. The van der Waals surface area contributed by atoms with Crippen LogP contribution in [0.2, 0.25) is 10.0 Å². The van der Waals surface area contributed by atoms with Crippen molar-refractivity contribution in [2.24, 2.45) is 0 Å². The number of rotatable bonds is 9. The fourth-order valence-corrected chi connectivity index (χ4v) is 6.69. The summed E-state index contributed by atoms with van der Waals surface area (Å²) in [7, 11) is -1.69. The van der Waals surface area contributed by atoms with E-state index in [-0.39, 0.29) is 24.4 Å². The van der Waals surface area contributed by atoms with Gasteiger partial charge in [-0.1, -0.05) is 72.9 Å². The molecule has 10 heteroatoms. The summed E-state index contributed by atoms with van der Waals surface area (Å²) in [5, 5.41) is 0.901. The maximum Gasteiger partial charge on any atom is 0.253 e. The van der Waals surface area contributed by atoms with E-state index in [0.717, 1.165) is 36.2 Å². The average Bonchev–Trinajstić information content (AvgIpc) is 2.92. The van der Waals surface area contributed by atoms with Crippen LogP contribution < -0.4 is 9.62 Å². The molecule has 0 radical (unpaired) electrons. The van der Waals surface area contributed by atoms with Crippen molar-refractivity contribution in [2.75, 3.05) is 31.3 Å². The van der Waals surface area contributed by atoms with E-state index in [0.29, 0.717) is 35.0 Å². The summed E-state index contributed by atoms with van der Waals surface area (Å²) in [6.07, 6.45) is 4.22. The van der Waals surface area contributed by atoms with Gasteiger partial charge in [0.05, 0.1) is 27.9 Å². The first-order chi connectivity index (χ1) is 18.5. The molecule has 0 saturated carbocycles. The summed E-state index contributed by atoms with van der Waals surface area (Å²) >= 11 is 12.7. The minimum Gasteiger partial charge on any atom is -0.364 e. The van der Waals surface area contributed by atoms with Crippen molar-refractivity contribution in [2.45, 2.75) is 44.2 Å². The predicted octanol–water partition coefficient (Wildman–Crippen LogP) is 7.07. The Hall–Kier alpha value is -2.29. The van der Waals surface area contributed by atoms with E-state index < -0.39 is 15.6 Å². The lowest BCUT2D eigenvalue weighted by molar-refractivity contribution is 0.0793. The lowest BCUT2D eigenvalue weighted by Gasteiger charge is -2.48. The summed E-state index contributed by atoms with van der Waals surface area (Å²) in [4.78, 5) is 16.9. The summed E-state index contributed by atoms with van der Waals surface area (Å²) in [5.74, 6) is -0.00451. The molecule has 0 spiro atoms. The molecule has 3 aromatic carbocycles. The van der Waals surface area contributed by atoms with Gasteiger partial charge in [-0.15, -0.1) is 12.4 Å². The zero-order chi connectivity index (χ0) is 28.2. The number of anilines is 1. The van der Waals surface area contributed by atoms with Gasteiger partial charge >= 0.3 is 0 Å². The van der Waals surface area contributed by atoms with Crippen molar-refractivity contribution in [3.63, 3.8) is 0 Å². The fraction of sp³-hybridized carbons (Fsp3) is 0.367. The van der Waals surface area contributed by atoms with E-state index in [1.807, 2.05) is 73.8 Å². The second-order valence-corrected chi connectivity index (χ2v) is 12.8. The molecule has 216 valence electrons. The number of amides is 1. The fourth-order valence-electron chi connectivity index (χ4n) is 5.37. The first kappa shape index (κ1) is 32.2. The van der Waals surface area contributed by atoms with E-state index >= 15 is 0 Å². The molecule has 1 N–H and O–H groups in total. The second-order valence-electron chi connectivity index (χ2n) is 10.3. The lowest BCUT2D eigenvalue weighted by atomic mass is 9.76. The Bertz CT molecular complexity index is 1400. The standard InChI is InChI=1S/C30H35Cl2N3O3S.ClH/c1-4-5-18-34(2)29(36)22-11-14-25(15-12-22)35-19-17-30(33-39(3,37)38,24-9-7-6-8-10-24)21-28(35)23-13-16-26(31)27(32)20-23;/h6-16,20,28,33H,4-5,17-19,21H2,1-3H3;1H. The molecule has 4 rings (SSSR count). The Balaban J connectivity index is 0.00000441. The number of unbranched alkanes of at least 4 members (excludes halogenated alkanes) is 1. The zero-order valence-corrected chi connectivity index (χ0v) is 26.1. The van der Waals surface area contributed by atoms with Gasteiger partial charge in [0.25, 0.3) is 5.91 Å². The maximum atomic E-state index is 12.9. The molecular formula is C30H36Cl3N3O3S. The molecule has 0 bridgehead atoms. The van der Waals surface area contributed by atoms with Gasteiger partial charge in [-0.2, -0.15) is 0 Å². The van der Waals surface area contributed by atoms with Gasteiger partial charge in [0.2, 0.25) is 10.0 Å². The van der Waals surface area contributed by atoms with E-state index in [1.165, 1.54) is 6.26 Å². The van der Waals surface area contributed by atoms with Gasteiger partial charge in [0.1, 0.15) is 0 Å². The van der Waals surface area contributed by atoms with Gasteiger partial charge in [0.15, 0.2) is 0 Å². The number of halogens is 3. The normalized spacial score (nSPS) is 19.1. The Morgan fingerprint density at radius 1 is 1.05 bits per heavy atom. The van der Waals surface area contributed by atoms with Crippen LogP contribution in [0, 0.1) is 0 Å². The molecular weight excluding hydrogens is 589 g/mol. The molecule has 1 amide bonds.